The van der Waals surface area contributed by atoms with Crippen LogP contribution in [-0.4, -0.2) is 4.57 Å². The first-order chi connectivity index (χ1) is 16.4. The summed E-state index contributed by atoms with van der Waals surface area (Å²) in [5.74, 6) is 0. The van der Waals surface area contributed by atoms with Gasteiger partial charge in [-0.15, -0.1) is 11.3 Å². The molecule has 0 spiro atoms. The molecule has 33 heavy (non-hydrogen) atoms. The molecule has 7 rings (SSSR count). The van der Waals surface area contributed by atoms with Crippen molar-refractivity contribution in [2.45, 2.75) is 0 Å². The quantitative estimate of drug-likeness (QED) is 0.290. The summed E-state index contributed by atoms with van der Waals surface area (Å²) < 4.78 is 5.09. The summed E-state index contributed by atoms with van der Waals surface area (Å²) in [6, 6.07) is 41.0. The highest BCUT2D eigenvalue weighted by Gasteiger charge is 2.17. The van der Waals surface area contributed by atoms with E-state index in [2.05, 4.69) is 119 Å². The Balaban J connectivity index is 1.57. The largest absolute Gasteiger partial charge is 0.355 e. The molecule has 3 heteroatoms. The summed E-state index contributed by atoms with van der Waals surface area (Å²) in [5.41, 5.74) is 5.80. The Kier molecular flexibility index (Phi) is 4.05. The van der Waals surface area contributed by atoms with Crippen LogP contribution in [0.3, 0.4) is 0 Å². The Morgan fingerprint density at radius 2 is 1.27 bits per heavy atom. The molecule has 0 saturated heterocycles. The molecule has 0 bridgehead atoms. The maximum atomic E-state index is 3.57. The lowest BCUT2D eigenvalue weighted by Crippen LogP contribution is -1.94. The lowest BCUT2D eigenvalue weighted by atomic mass is 10.1. The van der Waals surface area contributed by atoms with Crippen LogP contribution in [0.2, 0.25) is 0 Å². The smallest absolute Gasteiger partial charge is 0.0562 e. The Morgan fingerprint density at radius 3 is 2.12 bits per heavy atom. The standard InChI is InChI=1S/C30H20N2S/c1-3-9-20(10-4-1)31-21-15-16-25-27(19-21)32(22-11-5-2-6-12-22)26-18-17-24-23-13-7-8-14-28(23)33-30(24)29(25)26/h1-19,31H. The van der Waals surface area contributed by atoms with Crippen molar-refractivity contribution < 1.29 is 0 Å². The molecule has 0 aliphatic rings. The highest BCUT2D eigenvalue weighted by molar-refractivity contribution is 7.26. The Bertz CT molecular complexity index is 1780. The minimum atomic E-state index is 1.08. The lowest BCUT2D eigenvalue weighted by molar-refractivity contribution is 1.18. The molecule has 7 aromatic rings. The number of rotatable bonds is 3. The molecule has 2 aromatic heterocycles. The van der Waals surface area contributed by atoms with E-state index < -0.39 is 0 Å². The van der Waals surface area contributed by atoms with Gasteiger partial charge in [0.2, 0.25) is 0 Å². The second kappa shape index (κ2) is 7.22. The van der Waals surface area contributed by atoms with Gasteiger partial charge >= 0.3 is 0 Å². The van der Waals surface area contributed by atoms with E-state index in [-0.39, 0.29) is 0 Å². The number of benzene rings is 5. The van der Waals surface area contributed by atoms with Gasteiger partial charge in [0, 0.05) is 48.0 Å². The zero-order valence-corrected chi connectivity index (χ0v) is 18.6. The molecule has 5 aromatic carbocycles. The first-order valence-corrected chi connectivity index (χ1v) is 11.9. The Labute approximate surface area is 195 Å². The van der Waals surface area contributed by atoms with E-state index in [0.29, 0.717) is 0 Å². The number of anilines is 2. The normalized spacial score (nSPS) is 11.6. The van der Waals surface area contributed by atoms with E-state index in [1.807, 2.05) is 17.4 Å². The van der Waals surface area contributed by atoms with Crippen molar-refractivity contribution >= 4 is 64.7 Å². The van der Waals surface area contributed by atoms with Crippen LogP contribution in [0.1, 0.15) is 0 Å². The highest BCUT2D eigenvalue weighted by Crippen LogP contribution is 2.43. The Morgan fingerprint density at radius 1 is 0.545 bits per heavy atom. The van der Waals surface area contributed by atoms with E-state index in [1.165, 1.54) is 47.7 Å². The molecule has 0 saturated carbocycles. The molecular weight excluding hydrogens is 420 g/mol. The van der Waals surface area contributed by atoms with Crippen molar-refractivity contribution in [2.75, 3.05) is 5.32 Å². The molecule has 0 fully saturated rings. The van der Waals surface area contributed by atoms with Gasteiger partial charge in [-0.2, -0.15) is 0 Å². The molecule has 0 radical (unpaired) electrons. The summed E-state index contributed by atoms with van der Waals surface area (Å²) in [6.07, 6.45) is 0. The number of aromatic nitrogens is 1. The minimum Gasteiger partial charge on any atom is -0.355 e. The van der Waals surface area contributed by atoms with Crippen molar-refractivity contribution in [3.8, 4) is 5.69 Å². The van der Waals surface area contributed by atoms with Gasteiger partial charge in [-0.25, -0.2) is 0 Å². The number of hydrogen-bond donors (Lipinski definition) is 1. The fraction of sp³-hybridized carbons (Fsp3) is 0. The zero-order valence-electron chi connectivity index (χ0n) is 17.8. The van der Waals surface area contributed by atoms with Crippen LogP contribution in [0, 0.1) is 0 Å². The molecule has 2 nitrogen and oxygen atoms in total. The first-order valence-electron chi connectivity index (χ1n) is 11.1. The molecule has 0 unspecified atom stereocenters. The van der Waals surface area contributed by atoms with Crippen LogP contribution in [0.25, 0.3) is 47.7 Å². The summed E-state index contributed by atoms with van der Waals surface area (Å²) in [6.45, 7) is 0. The van der Waals surface area contributed by atoms with Gasteiger partial charge < -0.3 is 9.88 Å². The third kappa shape index (κ3) is 2.86. The van der Waals surface area contributed by atoms with Gasteiger partial charge in [0.15, 0.2) is 0 Å². The predicted octanol–water partition coefficient (Wildman–Crippen LogP) is 8.90. The van der Waals surface area contributed by atoms with Crippen molar-refractivity contribution in [3.05, 3.63) is 115 Å². The predicted molar refractivity (Wildman–Crippen MR) is 143 cm³/mol. The Hall–Kier alpha value is -4.08. The van der Waals surface area contributed by atoms with Crippen LogP contribution in [0.4, 0.5) is 11.4 Å². The first kappa shape index (κ1) is 18.5. The topological polar surface area (TPSA) is 17.0 Å². The van der Waals surface area contributed by atoms with E-state index in [4.69, 9.17) is 0 Å². The van der Waals surface area contributed by atoms with Crippen LogP contribution in [0.5, 0.6) is 0 Å². The number of nitrogens with zero attached hydrogens (tertiary/aromatic N) is 1. The maximum Gasteiger partial charge on any atom is 0.0562 e. The number of para-hydroxylation sites is 2. The summed E-state index contributed by atoms with van der Waals surface area (Å²) >= 11 is 1.89. The van der Waals surface area contributed by atoms with Crippen LogP contribution >= 0.6 is 11.3 Å². The zero-order chi connectivity index (χ0) is 21.8. The van der Waals surface area contributed by atoms with Crippen LogP contribution in [0.15, 0.2) is 115 Å². The van der Waals surface area contributed by atoms with E-state index >= 15 is 0 Å². The summed E-state index contributed by atoms with van der Waals surface area (Å²) in [7, 11) is 0. The van der Waals surface area contributed by atoms with Crippen LogP contribution < -0.4 is 5.32 Å². The molecule has 0 aliphatic heterocycles. The number of thiophene rings is 1. The highest BCUT2D eigenvalue weighted by atomic mass is 32.1. The average Bonchev–Trinajstić information content (AvgIpc) is 3.40. The van der Waals surface area contributed by atoms with E-state index in [1.54, 1.807) is 0 Å². The molecule has 0 atom stereocenters. The van der Waals surface area contributed by atoms with E-state index in [0.717, 1.165) is 11.4 Å². The van der Waals surface area contributed by atoms with Crippen molar-refractivity contribution in [1.82, 2.24) is 4.57 Å². The summed E-state index contributed by atoms with van der Waals surface area (Å²) in [5, 5.41) is 8.85. The maximum absolute atomic E-state index is 3.57. The van der Waals surface area contributed by atoms with Gasteiger partial charge in [0.1, 0.15) is 0 Å². The van der Waals surface area contributed by atoms with Crippen molar-refractivity contribution in [1.29, 1.82) is 0 Å². The van der Waals surface area contributed by atoms with E-state index in [9.17, 15) is 0 Å². The SMILES string of the molecule is c1ccc(Nc2ccc3c4c5sc6ccccc6c5ccc4n(-c4ccccc4)c3c2)cc1. The van der Waals surface area contributed by atoms with Crippen LogP contribution in [-0.2, 0) is 0 Å². The molecule has 1 N–H and O–H groups in total. The van der Waals surface area contributed by atoms with Gasteiger partial charge in [-0.3, -0.25) is 0 Å². The van der Waals surface area contributed by atoms with Gasteiger partial charge in [0.05, 0.1) is 11.0 Å². The number of nitrogens with one attached hydrogen (secondary N) is 1. The minimum absolute atomic E-state index is 1.08. The third-order valence-corrected chi connectivity index (χ3v) is 7.55. The fourth-order valence-electron chi connectivity index (χ4n) is 4.90. The molecule has 0 amide bonds. The monoisotopic (exact) mass is 440 g/mol. The number of fused-ring (bicyclic) bond motifs is 7. The van der Waals surface area contributed by atoms with Gasteiger partial charge in [-0.1, -0.05) is 66.7 Å². The molecule has 2 heterocycles. The van der Waals surface area contributed by atoms with Crippen molar-refractivity contribution in [3.63, 3.8) is 0 Å². The molecule has 0 aliphatic carbocycles. The second-order valence-electron chi connectivity index (χ2n) is 8.33. The average molecular weight is 441 g/mol. The lowest BCUT2D eigenvalue weighted by Gasteiger charge is -2.10. The molecule has 156 valence electrons. The van der Waals surface area contributed by atoms with Gasteiger partial charge in [0.25, 0.3) is 0 Å². The third-order valence-electron chi connectivity index (χ3n) is 6.35. The second-order valence-corrected chi connectivity index (χ2v) is 9.38. The van der Waals surface area contributed by atoms with Gasteiger partial charge in [-0.05, 0) is 48.5 Å². The fourth-order valence-corrected chi connectivity index (χ4v) is 6.16. The summed E-state index contributed by atoms with van der Waals surface area (Å²) in [4.78, 5) is 0. The number of hydrogen-bond acceptors (Lipinski definition) is 2. The molecular formula is C30H20N2S. The van der Waals surface area contributed by atoms with Crippen molar-refractivity contribution in [2.24, 2.45) is 0 Å².